The maximum atomic E-state index is 13.0. The minimum absolute atomic E-state index is 0.0808. The van der Waals surface area contributed by atoms with E-state index in [1.165, 1.54) is 25.3 Å². The molecule has 1 N–H and O–H groups in total. The Hall–Kier alpha value is -2.40. The highest BCUT2D eigenvalue weighted by Gasteiger charge is 2.36. The van der Waals surface area contributed by atoms with E-state index in [0.717, 1.165) is 18.2 Å². The highest BCUT2D eigenvalue weighted by atomic mass is 32.2. The first-order valence-electron chi connectivity index (χ1n) is 7.32. The smallest absolute Gasteiger partial charge is 0.417 e. The first kappa shape index (κ1) is 20.9. The van der Waals surface area contributed by atoms with E-state index in [4.69, 9.17) is 4.74 Å². The Labute approximate surface area is 151 Å². The molecule has 0 radical (unpaired) electrons. The first-order valence-corrected chi connectivity index (χ1v) is 8.80. The zero-order valence-corrected chi connectivity index (χ0v) is 14.6. The third-order valence-corrected chi connectivity index (χ3v) is 4.85. The summed E-state index contributed by atoms with van der Waals surface area (Å²) < 4.78 is 99.3. The van der Waals surface area contributed by atoms with Crippen molar-refractivity contribution in [1.82, 2.24) is 4.72 Å². The Kier molecular flexibility index (Phi) is 6.26. The van der Waals surface area contributed by atoms with E-state index in [1.54, 1.807) is 0 Å². The number of rotatable bonds is 7. The van der Waals surface area contributed by atoms with Crippen LogP contribution in [0.5, 0.6) is 11.5 Å². The van der Waals surface area contributed by atoms with Crippen LogP contribution in [0, 0.1) is 0 Å². The topological polar surface area (TPSA) is 64.6 Å². The van der Waals surface area contributed by atoms with Gasteiger partial charge in [0.05, 0.1) is 17.6 Å². The van der Waals surface area contributed by atoms with Crippen LogP contribution in [-0.2, 0) is 22.7 Å². The fourth-order valence-electron chi connectivity index (χ4n) is 2.21. The molecule has 11 heteroatoms. The number of hydrogen-bond donors (Lipinski definition) is 1. The zero-order chi connectivity index (χ0) is 20.2. The average molecular weight is 411 g/mol. The lowest BCUT2D eigenvalue weighted by atomic mass is 10.2. The summed E-state index contributed by atoms with van der Waals surface area (Å²) in [7, 11) is -3.29. The van der Waals surface area contributed by atoms with Crippen molar-refractivity contribution in [3.63, 3.8) is 0 Å². The predicted molar refractivity (Wildman–Crippen MR) is 85.1 cm³/mol. The van der Waals surface area contributed by atoms with Gasteiger partial charge < -0.3 is 9.47 Å². The molecule has 0 saturated carbocycles. The van der Waals surface area contributed by atoms with Crippen molar-refractivity contribution < 1.29 is 39.8 Å². The third kappa shape index (κ3) is 5.30. The molecule has 0 atom stereocenters. The molecule has 5 nitrogen and oxygen atoms in total. The van der Waals surface area contributed by atoms with E-state index < -0.39 is 33.3 Å². The molecule has 27 heavy (non-hydrogen) atoms. The molecule has 0 saturated heterocycles. The molecule has 0 bridgehead atoms. The van der Waals surface area contributed by atoms with Gasteiger partial charge in [0.2, 0.25) is 10.0 Å². The Morgan fingerprint density at radius 3 is 2.33 bits per heavy atom. The van der Waals surface area contributed by atoms with Gasteiger partial charge in [0.1, 0.15) is 0 Å². The van der Waals surface area contributed by atoms with Crippen molar-refractivity contribution in [2.75, 3.05) is 7.11 Å². The summed E-state index contributed by atoms with van der Waals surface area (Å²) >= 11 is 0. The monoisotopic (exact) mass is 411 g/mol. The molecule has 0 aromatic heterocycles. The summed E-state index contributed by atoms with van der Waals surface area (Å²) in [5.41, 5.74) is -1.03. The van der Waals surface area contributed by atoms with Gasteiger partial charge in [-0.3, -0.25) is 0 Å². The number of hydrogen-bond acceptors (Lipinski definition) is 4. The molecule has 2 rings (SSSR count). The van der Waals surface area contributed by atoms with Crippen molar-refractivity contribution in [3.05, 3.63) is 53.6 Å². The molecule has 148 valence electrons. The van der Waals surface area contributed by atoms with Crippen LogP contribution in [0.4, 0.5) is 22.0 Å². The van der Waals surface area contributed by atoms with Crippen molar-refractivity contribution in [2.24, 2.45) is 0 Å². The Morgan fingerprint density at radius 2 is 1.74 bits per heavy atom. The molecule has 2 aromatic rings. The summed E-state index contributed by atoms with van der Waals surface area (Å²) in [4.78, 5) is -0.915. The molecule has 0 heterocycles. The van der Waals surface area contributed by atoms with E-state index in [2.05, 4.69) is 4.74 Å². The second-order valence-corrected chi connectivity index (χ2v) is 6.92. The normalized spacial score (nSPS) is 12.3. The van der Waals surface area contributed by atoms with Gasteiger partial charge in [-0.05, 0) is 29.8 Å². The predicted octanol–water partition coefficient (Wildman–Crippen LogP) is 3.79. The van der Waals surface area contributed by atoms with Gasteiger partial charge in [-0.2, -0.15) is 22.0 Å². The lowest BCUT2D eigenvalue weighted by Gasteiger charge is -2.14. The number of sulfonamides is 1. The molecule has 0 aliphatic heterocycles. The molecule has 0 aliphatic rings. The zero-order valence-electron chi connectivity index (χ0n) is 13.8. The van der Waals surface area contributed by atoms with Crippen LogP contribution in [0.25, 0.3) is 0 Å². The van der Waals surface area contributed by atoms with Gasteiger partial charge in [0.15, 0.2) is 11.5 Å². The van der Waals surface area contributed by atoms with Crippen molar-refractivity contribution in [1.29, 1.82) is 0 Å². The largest absolute Gasteiger partial charge is 0.493 e. The standard InChI is InChI=1S/C16H14F5NO4S/c1-25-13-8-10(6-7-12(13)26-15(17)18)9-22-27(23,24)14-5-3-2-4-11(14)16(19,20)21/h2-8,15,22H,9H2,1H3. The first-order chi connectivity index (χ1) is 12.5. The number of benzene rings is 2. The SMILES string of the molecule is COc1cc(CNS(=O)(=O)c2ccccc2C(F)(F)F)ccc1OC(F)F. The van der Waals surface area contributed by atoms with E-state index >= 15 is 0 Å². The van der Waals surface area contributed by atoms with Crippen LogP contribution in [0.15, 0.2) is 47.4 Å². The molecule has 0 aliphatic carbocycles. The molecule has 0 fully saturated rings. The summed E-state index contributed by atoms with van der Waals surface area (Å²) in [6.45, 7) is -3.47. The van der Waals surface area contributed by atoms with Crippen LogP contribution in [0.3, 0.4) is 0 Å². The van der Waals surface area contributed by atoms with E-state index in [1.807, 2.05) is 4.72 Å². The minimum atomic E-state index is -4.84. The van der Waals surface area contributed by atoms with Crippen LogP contribution < -0.4 is 14.2 Å². The maximum absolute atomic E-state index is 13.0. The van der Waals surface area contributed by atoms with Crippen molar-refractivity contribution in [2.45, 2.75) is 24.2 Å². The number of methoxy groups -OCH3 is 1. The van der Waals surface area contributed by atoms with Crippen molar-refractivity contribution in [3.8, 4) is 11.5 Å². The Morgan fingerprint density at radius 1 is 1.07 bits per heavy atom. The molecule has 2 aromatic carbocycles. The number of ether oxygens (including phenoxy) is 2. The maximum Gasteiger partial charge on any atom is 0.417 e. The third-order valence-electron chi connectivity index (χ3n) is 3.39. The molecule has 0 spiro atoms. The molecule has 0 amide bonds. The second kappa shape index (κ2) is 8.09. The van der Waals surface area contributed by atoms with Crippen LogP contribution in [0.2, 0.25) is 0 Å². The van der Waals surface area contributed by atoms with Crippen LogP contribution in [-0.4, -0.2) is 22.1 Å². The number of alkyl halides is 5. The average Bonchev–Trinajstić information content (AvgIpc) is 2.59. The number of halogens is 5. The van der Waals surface area contributed by atoms with Gasteiger partial charge in [-0.25, -0.2) is 13.1 Å². The van der Waals surface area contributed by atoms with Gasteiger partial charge in [0, 0.05) is 6.54 Å². The summed E-state index contributed by atoms with van der Waals surface area (Å²) in [6.07, 6.45) is -4.84. The van der Waals surface area contributed by atoms with Gasteiger partial charge in [-0.15, -0.1) is 0 Å². The van der Waals surface area contributed by atoms with Crippen molar-refractivity contribution >= 4 is 10.0 Å². The lowest BCUT2D eigenvalue weighted by Crippen LogP contribution is -2.26. The number of nitrogens with one attached hydrogen (secondary N) is 1. The van der Waals surface area contributed by atoms with E-state index in [-0.39, 0.29) is 23.6 Å². The second-order valence-electron chi connectivity index (χ2n) is 5.18. The lowest BCUT2D eigenvalue weighted by molar-refractivity contribution is -0.139. The molecular weight excluding hydrogens is 397 g/mol. The van der Waals surface area contributed by atoms with E-state index in [0.29, 0.717) is 6.07 Å². The fraction of sp³-hybridized carbons (Fsp3) is 0.250. The summed E-state index contributed by atoms with van der Waals surface area (Å²) in [5, 5.41) is 0. The quantitative estimate of drug-likeness (QED) is 0.704. The minimum Gasteiger partial charge on any atom is -0.493 e. The van der Waals surface area contributed by atoms with E-state index in [9.17, 15) is 30.4 Å². The van der Waals surface area contributed by atoms with Gasteiger partial charge in [-0.1, -0.05) is 18.2 Å². The van der Waals surface area contributed by atoms with Crippen LogP contribution >= 0.6 is 0 Å². The summed E-state index contributed by atoms with van der Waals surface area (Å²) in [5.74, 6) is -0.343. The highest BCUT2D eigenvalue weighted by Crippen LogP contribution is 2.34. The highest BCUT2D eigenvalue weighted by molar-refractivity contribution is 7.89. The Balaban J connectivity index is 2.24. The Bertz CT molecular complexity index is 900. The van der Waals surface area contributed by atoms with Crippen LogP contribution in [0.1, 0.15) is 11.1 Å². The molecular formula is C16H14F5NO4S. The fourth-order valence-corrected chi connectivity index (χ4v) is 3.45. The summed E-state index contributed by atoms with van der Waals surface area (Å²) in [6, 6.07) is 7.39. The van der Waals surface area contributed by atoms with Gasteiger partial charge >= 0.3 is 12.8 Å². The van der Waals surface area contributed by atoms with Gasteiger partial charge in [0.25, 0.3) is 0 Å². The molecule has 0 unspecified atom stereocenters.